The molecule has 0 bridgehead atoms. The van der Waals surface area contributed by atoms with Gasteiger partial charge < -0.3 is 5.11 Å². The number of hydrogen-bond donors (Lipinski definition) is 1. The smallest absolute Gasteiger partial charge is 0.320 e. The second-order valence-corrected chi connectivity index (χ2v) is 2.50. The molecule has 0 aliphatic carbocycles. The van der Waals surface area contributed by atoms with E-state index >= 15 is 0 Å². The predicted octanol–water partition coefficient (Wildman–Crippen LogP) is 1.38. The lowest BCUT2D eigenvalue weighted by Crippen LogP contribution is -2.12. The van der Waals surface area contributed by atoms with Gasteiger partial charge in [-0.15, -0.1) is 11.8 Å². The van der Waals surface area contributed by atoms with Gasteiger partial charge in [-0.3, -0.25) is 4.79 Å². The topological polar surface area (TPSA) is 37.3 Å². The highest BCUT2D eigenvalue weighted by Crippen LogP contribution is 2.07. The van der Waals surface area contributed by atoms with Crippen molar-refractivity contribution in [2.24, 2.45) is 0 Å². The summed E-state index contributed by atoms with van der Waals surface area (Å²) in [6.07, 6.45) is 5.18. The van der Waals surface area contributed by atoms with Gasteiger partial charge in [-0.1, -0.05) is 12.2 Å². The van der Waals surface area contributed by atoms with Gasteiger partial charge in [0.1, 0.15) is 5.25 Å². The van der Waals surface area contributed by atoms with Crippen LogP contribution < -0.4 is 0 Å². The summed E-state index contributed by atoms with van der Waals surface area (Å²) in [4.78, 5) is 10.2. The van der Waals surface area contributed by atoms with Crippen molar-refractivity contribution >= 4 is 17.7 Å². The molecule has 0 aromatic heterocycles. The average molecular weight is 146 g/mol. The van der Waals surface area contributed by atoms with E-state index in [1.54, 1.807) is 18.4 Å². The quantitative estimate of drug-likeness (QED) is 0.611. The Balaban J connectivity index is 3.83. The Labute approximate surface area is 59.0 Å². The summed E-state index contributed by atoms with van der Waals surface area (Å²) in [7, 11) is 0. The van der Waals surface area contributed by atoms with Gasteiger partial charge in [0.2, 0.25) is 0 Å². The zero-order chi connectivity index (χ0) is 7.28. The second kappa shape index (κ2) is 4.44. The molecule has 0 aliphatic heterocycles. The van der Waals surface area contributed by atoms with Gasteiger partial charge in [-0.2, -0.15) is 0 Å². The van der Waals surface area contributed by atoms with Crippen LogP contribution in [0, 0.1) is 0 Å². The van der Waals surface area contributed by atoms with Gasteiger partial charge in [0, 0.05) is 0 Å². The van der Waals surface area contributed by atoms with Crippen LogP contribution >= 0.6 is 11.8 Å². The Bertz CT molecular complexity index is 120. The van der Waals surface area contributed by atoms with E-state index in [2.05, 4.69) is 0 Å². The zero-order valence-electron chi connectivity index (χ0n) is 5.50. The van der Waals surface area contributed by atoms with E-state index in [9.17, 15) is 4.79 Å². The van der Waals surface area contributed by atoms with Crippen LogP contribution in [0.15, 0.2) is 12.2 Å². The average Bonchev–Trinajstić information content (AvgIpc) is 1.82. The van der Waals surface area contributed by atoms with Crippen LogP contribution in [-0.4, -0.2) is 22.6 Å². The summed E-state index contributed by atoms with van der Waals surface area (Å²) in [5, 5.41) is 8.05. The number of aliphatic carboxylic acids is 1. The number of carbonyl (C=O) groups is 1. The summed E-state index contributed by atoms with van der Waals surface area (Å²) in [6, 6.07) is 0. The van der Waals surface area contributed by atoms with Crippen LogP contribution in [0.3, 0.4) is 0 Å². The molecular formula is C6H10O2S. The molecule has 0 fully saturated rings. The minimum atomic E-state index is -0.777. The van der Waals surface area contributed by atoms with E-state index in [1.165, 1.54) is 11.8 Å². The Hall–Kier alpha value is -0.440. The molecule has 3 heteroatoms. The Morgan fingerprint density at radius 1 is 1.78 bits per heavy atom. The Morgan fingerprint density at radius 3 is 2.44 bits per heavy atom. The van der Waals surface area contributed by atoms with Gasteiger partial charge >= 0.3 is 5.97 Å². The number of rotatable bonds is 3. The predicted molar refractivity (Wildman–Crippen MR) is 39.8 cm³/mol. The molecule has 0 aromatic carbocycles. The number of hydrogen-bond acceptors (Lipinski definition) is 2. The van der Waals surface area contributed by atoms with Crippen molar-refractivity contribution in [2.45, 2.75) is 12.2 Å². The van der Waals surface area contributed by atoms with Gasteiger partial charge in [0.05, 0.1) is 0 Å². The van der Waals surface area contributed by atoms with Crippen LogP contribution in [0.5, 0.6) is 0 Å². The highest BCUT2D eigenvalue weighted by molar-refractivity contribution is 8.00. The van der Waals surface area contributed by atoms with E-state index < -0.39 is 5.97 Å². The van der Waals surface area contributed by atoms with Gasteiger partial charge in [0.15, 0.2) is 0 Å². The third kappa shape index (κ3) is 3.19. The molecule has 52 valence electrons. The first-order chi connectivity index (χ1) is 4.22. The minimum Gasteiger partial charge on any atom is -0.480 e. The SMILES string of the molecule is C/C=C/C(SC)C(=O)O. The maximum absolute atomic E-state index is 10.2. The number of allylic oxidation sites excluding steroid dienone is 1. The van der Waals surface area contributed by atoms with E-state index in [0.29, 0.717) is 0 Å². The summed E-state index contributed by atoms with van der Waals surface area (Å²) in [5.74, 6) is -0.777. The third-order valence-corrected chi connectivity index (χ3v) is 1.73. The number of thioether (sulfide) groups is 1. The van der Waals surface area contributed by atoms with Gasteiger partial charge in [0.25, 0.3) is 0 Å². The third-order valence-electron chi connectivity index (χ3n) is 0.865. The zero-order valence-corrected chi connectivity index (χ0v) is 6.31. The molecule has 0 radical (unpaired) electrons. The van der Waals surface area contributed by atoms with Crippen molar-refractivity contribution in [3.8, 4) is 0 Å². The van der Waals surface area contributed by atoms with Crippen molar-refractivity contribution in [3.63, 3.8) is 0 Å². The summed E-state index contributed by atoms with van der Waals surface area (Å²) in [5.41, 5.74) is 0. The first-order valence-electron chi connectivity index (χ1n) is 2.60. The number of carboxylic acid groups (broad SMARTS) is 1. The molecule has 1 atom stereocenters. The fraction of sp³-hybridized carbons (Fsp3) is 0.500. The van der Waals surface area contributed by atoms with Crippen LogP contribution in [0.1, 0.15) is 6.92 Å². The van der Waals surface area contributed by atoms with Crippen molar-refractivity contribution in [1.82, 2.24) is 0 Å². The lowest BCUT2D eigenvalue weighted by molar-refractivity contribution is -0.135. The van der Waals surface area contributed by atoms with Gasteiger partial charge in [-0.05, 0) is 13.2 Å². The molecule has 1 unspecified atom stereocenters. The lowest BCUT2D eigenvalue weighted by atomic mass is 10.4. The highest BCUT2D eigenvalue weighted by Gasteiger charge is 2.09. The molecule has 0 amide bonds. The van der Waals surface area contributed by atoms with Crippen molar-refractivity contribution in [1.29, 1.82) is 0 Å². The molecule has 1 N–H and O–H groups in total. The van der Waals surface area contributed by atoms with Crippen LogP contribution in [-0.2, 0) is 4.79 Å². The van der Waals surface area contributed by atoms with Crippen LogP contribution in [0.25, 0.3) is 0 Å². The van der Waals surface area contributed by atoms with Crippen LogP contribution in [0.4, 0.5) is 0 Å². The lowest BCUT2D eigenvalue weighted by Gasteiger charge is -1.99. The monoisotopic (exact) mass is 146 g/mol. The van der Waals surface area contributed by atoms with E-state index in [-0.39, 0.29) is 5.25 Å². The van der Waals surface area contributed by atoms with Gasteiger partial charge in [-0.25, -0.2) is 0 Å². The maximum atomic E-state index is 10.2. The first-order valence-corrected chi connectivity index (χ1v) is 3.89. The molecule has 9 heavy (non-hydrogen) atoms. The molecule has 0 aromatic rings. The molecule has 0 rings (SSSR count). The molecule has 0 saturated carbocycles. The largest absolute Gasteiger partial charge is 0.480 e. The highest BCUT2D eigenvalue weighted by atomic mass is 32.2. The fourth-order valence-electron chi connectivity index (χ4n) is 0.436. The standard InChI is InChI=1S/C6H10O2S/c1-3-4-5(9-2)6(7)8/h3-5H,1-2H3,(H,7,8)/b4-3+. The number of carboxylic acids is 1. The van der Waals surface area contributed by atoms with Crippen LogP contribution in [0.2, 0.25) is 0 Å². The second-order valence-electron chi connectivity index (χ2n) is 1.52. The summed E-state index contributed by atoms with van der Waals surface area (Å²) in [6.45, 7) is 1.81. The van der Waals surface area contributed by atoms with E-state index in [0.717, 1.165) is 0 Å². The molecule has 2 nitrogen and oxygen atoms in total. The first kappa shape index (κ1) is 8.56. The van der Waals surface area contributed by atoms with Crippen molar-refractivity contribution < 1.29 is 9.90 Å². The summed E-state index contributed by atoms with van der Waals surface area (Å²) < 4.78 is 0. The molecular weight excluding hydrogens is 136 g/mol. The van der Waals surface area contributed by atoms with Crippen molar-refractivity contribution in [2.75, 3.05) is 6.26 Å². The van der Waals surface area contributed by atoms with Crippen molar-refractivity contribution in [3.05, 3.63) is 12.2 Å². The van der Waals surface area contributed by atoms with E-state index in [1.807, 2.05) is 6.92 Å². The molecule has 0 heterocycles. The fourth-order valence-corrected chi connectivity index (χ4v) is 0.952. The molecule has 0 spiro atoms. The summed E-state index contributed by atoms with van der Waals surface area (Å²) >= 11 is 1.32. The normalized spacial score (nSPS) is 14.0. The minimum absolute atomic E-state index is 0.380. The van der Waals surface area contributed by atoms with E-state index in [4.69, 9.17) is 5.11 Å². The Kier molecular flexibility index (Phi) is 4.22. The maximum Gasteiger partial charge on any atom is 0.320 e. The molecule has 0 aliphatic rings. The molecule has 0 saturated heterocycles. The Morgan fingerprint density at radius 2 is 2.33 bits per heavy atom.